The minimum Gasteiger partial charge on any atom is -0.358 e. The van der Waals surface area contributed by atoms with Crippen molar-refractivity contribution in [2.24, 2.45) is 0 Å². The van der Waals surface area contributed by atoms with Crippen molar-refractivity contribution < 1.29 is 9.13 Å². The normalized spacial score (nSPS) is 17.6. The van der Waals surface area contributed by atoms with E-state index >= 15 is 0 Å². The average Bonchev–Trinajstić information content (AvgIpc) is 3.05. The van der Waals surface area contributed by atoms with Crippen molar-refractivity contribution in [3.8, 4) is 0 Å². The van der Waals surface area contributed by atoms with Crippen molar-refractivity contribution >= 4 is 23.2 Å². The monoisotopic (exact) mass is 358 g/mol. The van der Waals surface area contributed by atoms with Gasteiger partial charge in [0.05, 0.1) is 22.8 Å². The zero-order valence-corrected chi connectivity index (χ0v) is 13.5. The van der Waals surface area contributed by atoms with Crippen LogP contribution in [0.4, 0.5) is 4.39 Å². The van der Waals surface area contributed by atoms with Gasteiger partial charge in [-0.2, -0.15) is 4.39 Å². The molecule has 5 nitrogen and oxygen atoms in total. The van der Waals surface area contributed by atoms with Crippen molar-refractivity contribution in [1.29, 1.82) is 0 Å². The molecule has 0 radical (unpaired) electrons. The summed E-state index contributed by atoms with van der Waals surface area (Å²) >= 11 is 11.8. The Labute approximate surface area is 140 Å². The molecule has 1 unspecified atom stereocenters. The van der Waals surface area contributed by atoms with Crippen LogP contribution in [0.3, 0.4) is 0 Å². The topological polar surface area (TPSA) is 53.2 Å². The molecule has 8 heteroatoms. The zero-order valence-electron chi connectivity index (χ0n) is 12.0. The largest absolute Gasteiger partial charge is 0.358 e. The van der Waals surface area contributed by atoms with Gasteiger partial charge in [0.1, 0.15) is 6.23 Å². The number of aromatic nitrogens is 2. The number of halogens is 3. The van der Waals surface area contributed by atoms with Crippen LogP contribution in [0.15, 0.2) is 34.0 Å². The summed E-state index contributed by atoms with van der Waals surface area (Å²) in [5.41, 5.74) is -1.02. The number of hydrogen-bond acceptors (Lipinski definition) is 3. The van der Waals surface area contributed by atoms with Gasteiger partial charge in [-0.25, -0.2) is 4.79 Å². The smallest absolute Gasteiger partial charge is 0.333 e. The highest BCUT2D eigenvalue weighted by atomic mass is 35.5. The Hall–Kier alpha value is -1.63. The Morgan fingerprint density at radius 1 is 1.26 bits per heavy atom. The first kappa shape index (κ1) is 16.2. The summed E-state index contributed by atoms with van der Waals surface area (Å²) in [6, 6.07) is 4.72. The Bertz CT molecular complexity index is 857. The molecule has 1 aromatic carbocycles. The summed E-state index contributed by atoms with van der Waals surface area (Å²) in [4.78, 5) is 24.5. The molecule has 2 aromatic rings. The fourth-order valence-corrected chi connectivity index (χ4v) is 2.85. The second-order valence-corrected chi connectivity index (χ2v) is 6.09. The lowest BCUT2D eigenvalue weighted by atomic mass is 10.2. The molecule has 1 aromatic heterocycles. The third-order valence-electron chi connectivity index (χ3n) is 3.69. The van der Waals surface area contributed by atoms with Crippen LogP contribution in [0.5, 0.6) is 0 Å². The third-order valence-corrected chi connectivity index (χ3v) is 4.43. The molecule has 1 atom stereocenters. The molecule has 0 aliphatic carbocycles. The van der Waals surface area contributed by atoms with E-state index in [1.54, 1.807) is 12.1 Å². The second kappa shape index (κ2) is 6.47. The van der Waals surface area contributed by atoms with E-state index in [0.29, 0.717) is 28.6 Å². The molecule has 23 heavy (non-hydrogen) atoms. The summed E-state index contributed by atoms with van der Waals surface area (Å²) < 4.78 is 21.3. The molecule has 0 spiro atoms. The molecule has 0 amide bonds. The van der Waals surface area contributed by atoms with Crippen LogP contribution >= 0.6 is 23.2 Å². The fourth-order valence-electron chi connectivity index (χ4n) is 2.53. The van der Waals surface area contributed by atoms with Gasteiger partial charge in [-0.05, 0) is 30.5 Å². The fraction of sp³-hybridized carbons (Fsp3) is 0.333. The summed E-state index contributed by atoms with van der Waals surface area (Å²) in [5.74, 6) is -1.000. The molecule has 0 saturated carbocycles. The lowest BCUT2D eigenvalue weighted by molar-refractivity contribution is 0.0504. The highest BCUT2D eigenvalue weighted by Gasteiger charge is 2.22. The number of rotatable bonds is 3. The van der Waals surface area contributed by atoms with Crippen LogP contribution in [0, 0.1) is 5.82 Å². The minimum atomic E-state index is -1.000. The van der Waals surface area contributed by atoms with E-state index in [1.165, 1.54) is 6.07 Å². The van der Waals surface area contributed by atoms with Gasteiger partial charge in [0.15, 0.2) is 0 Å². The summed E-state index contributed by atoms with van der Waals surface area (Å²) in [6.07, 6.45) is 1.75. The van der Waals surface area contributed by atoms with Gasteiger partial charge in [-0.3, -0.25) is 13.9 Å². The quantitative estimate of drug-likeness (QED) is 0.847. The Morgan fingerprint density at radius 2 is 2.04 bits per heavy atom. The predicted octanol–water partition coefficient (Wildman–Crippen LogP) is 2.81. The van der Waals surface area contributed by atoms with Crippen molar-refractivity contribution in [2.75, 3.05) is 6.61 Å². The summed E-state index contributed by atoms with van der Waals surface area (Å²) in [5, 5.41) is 0.659. The first-order valence-electron chi connectivity index (χ1n) is 7.04. The zero-order chi connectivity index (χ0) is 16.6. The van der Waals surface area contributed by atoms with Gasteiger partial charge in [0.2, 0.25) is 5.82 Å². The molecule has 1 aliphatic heterocycles. The maximum atomic E-state index is 13.9. The van der Waals surface area contributed by atoms with E-state index in [2.05, 4.69) is 0 Å². The molecule has 0 bridgehead atoms. The number of hydrogen-bond donors (Lipinski definition) is 0. The van der Waals surface area contributed by atoms with Crippen molar-refractivity contribution in [3.05, 3.63) is 66.7 Å². The lowest BCUT2D eigenvalue weighted by Crippen LogP contribution is -2.42. The van der Waals surface area contributed by atoms with E-state index < -0.39 is 23.3 Å². The highest BCUT2D eigenvalue weighted by Crippen LogP contribution is 2.23. The number of nitrogens with zero attached hydrogens (tertiary/aromatic N) is 2. The van der Waals surface area contributed by atoms with Crippen LogP contribution in [-0.4, -0.2) is 15.7 Å². The summed E-state index contributed by atoms with van der Waals surface area (Å²) in [6.45, 7) is 0.406. The molecular formula is C15H13Cl2FN2O3. The Kier molecular flexibility index (Phi) is 4.57. The maximum Gasteiger partial charge on any atom is 0.333 e. The van der Waals surface area contributed by atoms with Gasteiger partial charge in [0, 0.05) is 6.61 Å². The number of benzene rings is 1. The molecule has 122 valence electrons. The summed E-state index contributed by atoms with van der Waals surface area (Å²) in [7, 11) is 0. The van der Waals surface area contributed by atoms with Gasteiger partial charge in [0.25, 0.3) is 5.56 Å². The minimum absolute atomic E-state index is 0.0982. The van der Waals surface area contributed by atoms with E-state index in [-0.39, 0.29) is 6.54 Å². The number of ether oxygens (including phenoxy) is 1. The molecule has 1 aliphatic rings. The van der Waals surface area contributed by atoms with Gasteiger partial charge in [-0.1, -0.05) is 29.3 Å². The van der Waals surface area contributed by atoms with Crippen LogP contribution in [0.25, 0.3) is 0 Å². The standard InChI is InChI=1S/C15H13Cl2FN2O3/c16-10-4-3-9(6-11(10)17)7-20-14(21)12(18)8-19(15(20)22)13-2-1-5-23-13/h3-4,6,8,13H,1-2,5,7H2. The van der Waals surface area contributed by atoms with Gasteiger partial charge >= 0.3 is 5.69 Å². The van der Waals surface area contributed by atoms with Crippen LogP contribution in [-0.2, 0) is 11.3 Å². The second-order valence-electron chi connectivity index (χ2n) is 5.27. The molecule has 2 heterocycles. The average molecular weight is 359 g/mol. The van der Waals surface area contributed by atoms with Gasteiger partial charge < -0.3 is 4.74 Å². The van der Waals surface area contributed by atoms with Crippen LogP contribution in [0.1, 0.15) is 24.6 Å². The first-order valence-corrected chi connectivity index (χ1v) is 7.80. The van der Waals surface area contributed by atoms with E-state index in [9.17, 15) is 14.0 Å². The molecule has 1 fully saturated rings. The first-order chi connectivity index (χ1) is 11.0. The predicted molar refractivity (Wildman–Crippen MR) is 84.7 cm³/mol. The van der Waals surface area contributed by atoms with Gasteiger partial charge in [-0.15, -0.1) is 0 Å². The van der Waals surface area contributed by atoms with Crippen molar-refractivity contribution in [1.82, 2.24) is 9.13 Å². The van der Waals surface area contributed by atoms with Crippen molar-refractivity contribution in [2.45, 2.75) is 25.6 Å². The molecule has 1 saturated heterocycles. The SMILES string of the molecule is O=c1c(F)cn(C2CCCO2)c(=O)n1Cc1ccc(Cl)c(Cl)c1. The highest BCUT2D eigenvalue weighted by molar-refractivity contribution is 6.42. The lowest BCUT2D eigenvalue weighted by Gasteiger charge is -2.15. The Balaban J connectivity index is 2.05. The van der Waals surface area contributed by atoms with Crippen LogP contribution < -0.4 is 11.2 Å². The van der Waals surface area contributed by atoms with E-state index in [1.807, 2.05) is 0 Å². The molecule has 3 rings (SSSR count). The Morgan fingerprint density at radius 3 is 2.70 bits per heavy atom. The molecular weight excluding hydrogens is 346 g/mol. The maximum absolute atomic E-state index is 13.9. The third kappa shape index (κ3) is 3.20. The van der Waals surface area contributed by atoms with Crippen molar-refractivity contribution in [3.63, 3.8) is 0 Å². The van der Waals surface area contributed by atoms with E-state index in [0.717, 1.165) is 21.8 Å². The molecule has 0 N–H and O–H groups in total. The van der Waals surface area contributed by atoms with Crippen LogP contribution in [0.2, 0.25) is 10.0 Å². The van der Waals surface area contributed by atoms with E-state index in [4.69, 9.17) is 27.9 Å².